The van der Waals surface area contributed by atoms with E-state index >= 15 is 0 Å². The molecule has 0 saturated heterocycles. The van der Waals surface area contributed by atoms with E-state index in [-0.39, 0.29) is 0 Å². The number of halogens is 1. The van der Waals surface area contributed by atoms with Gasteiger partial charge in [0.2, 0.25) is 5.95 Å². The third-order valence-corrected chi connectivity index (χ3v) is 2.33. The number of aromatic nitrogens is 1. The van der Waals surface area contributed by atoms with E-state index in [9.17, 15) is 9.18 Å². The number of hydrogen-bond acceptors (Lipinski definition) is 2. The van der Waals surface area contributed by atoms with Crippen molar-refractivity contribution in [1.82, 2.24) is 4.98 Å². The number of aryl methyl sites for hydroxylation is 1. The molecule has 0 aliphatic carbocycles. The highest BCUT2D eigenvalue weighted by Gasteiger charge is 2.06. The molecule has 2 aromatic rings. The van der Waals surface area contributed by atoms with Gasteiger partial charge in [-0.25, -0.2) is 4.98 Å². The predicted molar refractivity (Wildman–Crippen MR) is 59.8 cm³/mol. The molecule has 16 heavy (non-hydrogen) atoms. The van der Waals surface area contributed by atoms with Gasteiger partial charge >= 0.3 is 0 Å². The lowest BCUT2D eigenvalue weighted by atomic mass is 10.0. The molecule has 0 amide bonds. The van der Waals surface area contributed by atoms with Crippen LogP contribution in [-0.4, -0.2) is 11.3 Å². The first-order chi connectivity index (χ1) is 7.70. The largest absolute Gasteiger partial charge is 0.298 e. The van der Waals surface area contributed by atoms with Gasteiger partial charge in [-0.2, -0.15) is 4.39 Å². The van der Waals surface area contributed by atoms with Crippen LogP contribution in [0.5, 0.6) is 0 Å². The maximum atomic E-state index is 13.5. The molecular formula is C13H10FNO. The maximum absolute atomic E-state index is 13.5. The summed E-state index contributed by atoms with van der Waals surface area (Å²) < 4.78 is 13.5. The number of carbonyl (C=O) groups excluding carboxylic acids is 1. The molecule has 0 N–H and O–H groups in total. The third kappa shape index (κ3) is 1.98. The van der Waals surface area contributed by atoms with E-state index in [1.165, 1.54) is 6.20 Å². The molecule has 0 atom stereocenters. The van der Waals surface area contributed by atoms with E-state index in [0.29, 0.717) is 11.1 Å². The first kappa shape index (κ1) is 10.5. The Bertz CT molecular complexity index is 520. The van der Waals surface area contributed by atoms with Gasteiger partial charge in [0.1, 0.15) is 6.29 Å². The van der Waals surface area contributed by atoms with Crippen LogP contribution in [0.4, 0.5) is 4.39 Å². The summed E-state index contributed by atoms with van der Waals surface area (Å²) in [5.41, 5.74) is 2.65. The summed E-state index contributed by atoms with van der Waals surface area (Å²) in [6.07, 6.45) is 2.24. The fraction of sp³-hybridized carbons (Fsp3) is 0.0769. The average Bonchev–Trinajstić information content (AvgIpc) is 2.32. The van der Waals surface area contributed by atoms with E-state index in [2.05, 4.69) is 4.98 Å². The Labute approximate surface area is 92.8 Å². The van der Waals surface area contributed by atoms with Crippen LogP contribution in [0.3, 0.4) is 0 Å². The Morgan fingerprint density at radius 2 is 1.94 bits per heavy atom. The van der Waals surface area contributed by atoms with Gasteiger partial charge in [-0.1, -0.05) is 24.3 Å². The van der Waals surface area contributed by atoms with E-state index in [4.69, 9.17) is 0 Å². The lowest BCUT2D eigenvalue weighted by Crippen LogP contribution is -1.90. The van der Waals surface area contributed by atoms with Crippen LogP contribution in [-0.2, 0) is 0 Å². The number of carbonyl (C=O) groups is 1. The zero-order chi connectivity index (χ0) is 11.5. The molecule has 0 unspecified atom stereocenters. The van der Waals surface area contributed by atoms with Crippen LogP contribution in [0.25, 0.3) is 11.1 Å². The van der Waals surface area contributed by atoms with Crippen molar-refractivity contribution in [3.8, 4) is 11.1 Å². The molecule has 0 aliphatic rings. The molecule has 2 rings (SSSR count). The summed E-state index contributed by atoms with van der Waals surface area (Å²) in [4.78, 5) is 14.2. The molecule has 2 nitrogen and oxygen atoms in total. The van der Waals surface area contributed by atoms with Crippen molar-refractivity contribution in [2.75, 3.05) is 0 Å². The van der Waals surface area contributed by atoms with Gasteiger partial charge in [0.05, 0.1) is 0 Å². The predicted octanol–water partition coefficient (Wildman–Crippen LogP) is 3.01. The first-order valence-corrected chi connectivity index (χ1v) is 4.88. The smallest absolute Gasteiger partial charge is 0.220 e. The van der Waals surface area contributed by atoms with Gasteiger partial charge in [-0.15, -0.1) is 0 Å². The first-order valence-electron chi connectivity index (χ1n) is 4.88. The molecule has 0 aliphatic heterocycles. The standard InChI is InChI=1S/C13H10FNO/c1-9-6-12(13(14)15-7-9)11-4-2-10(8-16)3-5-11/h2-8H,1H3. The maximum Gasteiger partial charge on any atom is 0.220 e. The van der Waals surface area contributed by atoms with Crippen LogP contribution >= 0.6 is 0 Å². The monoisotopic (exact) mass is 215 g/mol. The van der Waals surface area contributed by atoms with Crippen LogP contribution in [0.2, 0.25) is 0 Å². The Hall–Kier alpha value is -2.03. The topological polar surface area (TPSA) is 30.0 Å². The van der Waals surface area contributed by atoms with Crippen molar-refractivity contribution in [2.24, 2.45) is 0 Å². The molecule has 1 aromatic carbocycles. The zero-order valence-electron chi connectivity index (χ0n) is 8.77. The Kier molecular flexibility index (Phi) is 2.77. The minimum absolute atomic E-state index is 0.456. The highest BCUT2D eigenvalue weighted by molar-refractivity contribution is 5.76. The second-order valence-corrected chi connectivity index (χ2v) is 3.59. The SMILES string of the molecule is Cc1cnc(F)c(-c2ccc(C=O)cc2)c1. The Balaban J connectivity index is 2.49. The molecule has 0 saturated carbocycles. The van der Waals surface area contributed by atoms with Gasteiger partial charge in [0, 0.05) is 17.3 Å². The number of nitrogens with zero attached hydrogens (tertiary/aromatic N) is 1. The fourth-order valence-electron chi connectivity index (χ4n) is 1.50. The average molecular weight is 215 g/mol. The third-order valence-electron chi connectivity index (χ3n) is 2.33. The number of hydrogen-bond donors (Lipinski definition) is 0. The van der Waals surface area contributed by atoms with Gasteiger partial charge in [-0.05, 0) is 24.1 Å². The number of aldehydes is 1. The van der Waals surface area contributed by atoms with Crippen LogP contribution in [0.15, 0.2) is 36.5 Å². The van der Waals surface area contributed by atoms with Crippen LogP contribution < -0.4 is 0 Å². The quantitative estimate of drug-likeness (QED) is 0.569. The molecule has 3 heteroatoms. The highest BCUT2D eigenvalue weighted by atomic mass is 19.1. The molecule has 1 heterocycles. The van der Waals surface area contributed by atoms with E-state index in [0.717, 1.165) is 17.4 Å². The molecule has 0 bridgehead atoms. The molecule has 0 spiro atoms. The summed E-state index contributed by atoms with van der Waals surface area (Å²) in [7, 11) is 0. The fourth-order valence-corrected chi connectivity index (χ4v) is 1.50. The minimum Gasteiger partial charge on any atom is -0.298 e. The van der Waals surface area contributed by atoms with Crippen molar-refractivity contribution >= 4 is 6.29 Å². The van der Waals surface area contributed by atoms with Crippen molar-refractivity contribution in [2.45, 2.75) is 6.92 Å². The lowest BCUT2D eigenvalue weighted by molar-refractivity contribution is 0.112. The molecule has 80 valence electrons. The minimum atomic E-state index is -0.496. The number of benzene rings is 1. The molecule has 0 radical (unpaired) electrons. The molecule has 1 aromatic heterocycles. The van der Waals surface area contributed by atoms with E-state index < -0.39 is 5.95 Å². The summed E-state index contributed by atoms with van der Waals surface area (Å²) in [5.74, 6) is -0.496. The summed E-state index contributed by atoms with van der Waals surface area (Å²) in [6.45, 7) is 1.86. The van der Waals surface area contributed by atoms with Gasteiger partial charge in [0.25, 0.3) is 0 Å². The number of pyridine rings is 1. The van der Waals surface area contributed by atoms with Crippen molar-refractivity contribution in [3.05, 3.63) is 53.6 Å². The lowest BCUT2D eigenvalue weighted by Gasteiger charge is -2.03. The number of rotatable bonds is 2. The zero-order valence-corrected chi connectivity index (χ0v) is 8.77. The summed E-state index contributed by atoms with van der Waals surface area (Å²) >= 11 is 0. The molecule has 0 fully saturated rings. The van der Waals surface area contributed by atoms with E-state index in [1.54, 1.807) is 30.3 Å². The summed E-state index contributed by atoms with van der Waals surface area (Å²) in [5, 5.41) is 0. The van der Waals surface area contributed by atoms with Gasteiger partial charge < -0.3 is 0 Å². The Morgan fingerprint density at radius 1 is 1.25 bits per heavy atom. The van der Waals surface area contributed by atoms with Crippen LogP contribution in [0, 0.1) is 12.9 Å². The van der Waals surface area contributed by atoms with Crippen molar-refractivity contribution in [1.29, 1.82) is 0 Å². The Morgan fingerprint density at radius 3 is 2.56 bits per heavy atom. The second kappa shape index (κ2) is 4.23. The molecular weight excluding hydrogens is 205 g/mol. The normalized spacial score (nSPS) is 10.1. The van der Waals surface area contributed by atoms with Gasteiger partial charge in [0.15, 0.2) is 0 Å². The second-order valence-electron chi connectivity index (χ2n) is 3.59. The van der Waals surface area contributed by atoms with Crippen molar-refractivity contribution < 1.29 is 9.18 Å². The van der Waals surface area contributed by atoms with Crippen LogP contribution in [0.1, 0.15) is 15.9 Å². The van der Waals surface area contributed by atoms with Crippen molar-refractivity contribution in [3.63, 3.8) is 0 Å². The van der Waals surface area contributed by atoms with Gasteiger partial charge in [-0.3, -0.25) is 4.79 Å². The summed E-state index contributed by atoms with van der Waals surface area (Å²) in [6, 6.07) is 8.47. The highest BCUT2D eigenvalue weighted by Crippen LogP contribution is 2.22. The van der Waals surface area contributed by atoms with E-state index in [1.807, 2.05) is 6.92 Å².